The van der Waals surface area contributed by atoms with E-state index in [1.54, 1.807) is 6.92 Å². The maximum Gasteiger partial charge on any atom is 0.306 e. The van der Waals surface area contributed by atoms with Crippen LogP contribution in [-0.4, -0.2) is 22.7 Å². The highest BCUT2D eigenvalue weighted by Gasteiger charge is 2.08. The number of esters is 1. The molecule has 5 heteroatoms. The summed E-state index contributed by atoms with van der Waals surface area (Å²) in [4.78, 5) is 15.2. The first-order valence-electron chi connectivity index (χ1n) is 5.23. The molecule has 0 saturated carbocycles. The van der Waals surface area contributed by atoms with E-state index in [0.29, 0.717) is 31.2 Å². The van der Waals surface area contributed by atoms with Gasteiger partial charge in [-0.15, -0.1) is 0 Å². The van der Waals surface area contributed by atoms with Gasteiger partial charge in [-0.2, -0.15) is 4.98 Å². The van der Waals surface area contributed by atoms with Crippen molar-refractivity contribution in [1.29, 1.82) is 0 Å². The van der Waals surface area contributed by atoms with Crippen molar-refractivity contribution >= 4 is 5.97 Å². The fourth-order valence-corrected chi connectivity index (χ4v) is 1.16. The number of nitrogens with zero attached hydrogens (tertiary/aromatic N) is 2. The fraction of sp³-hybridized carbons (Fsp3) is 0.700. The zero-order valence-electron chi connectivity index (χ0n) is 9.15. The summed E-state index contributed by atoms with van der Waals surface area (Å²) < 4.78 is 9.77. The normalized spacial score (nSPS) is 10.3. The number of aryl methyl sites for hydroxylation is 2. The first kappa shape index (κ1) is 11.7. The molecular formula is C10H16N2O3. The van der Waals surface area contributed by atoms with Gasteiger partial charge in [0.05, 0.1) is 13.0 Å². The first-order valence-corrected chi connectivity index (χ1v) is 5.23. The molecule has 15 heavy (non-hydrogen) atoms. The Labute approximate surface area is 88.8 Å². The standard InChI is InChI=1S/C10H16N2O3/c1-3-5-8-11-9(15-12-8)6-7-10(13)14-4-2/h3-7H2,1-2H3. The van der Waals surface area contributed by atoms with Crippen LogP contribution < -0.4 is 0 Å². The molecule has 0 saturated heterocycles. The van der Waals surface area contributed by atoms with E-state index in [1.807, 2.05) is 0 Å². The van der Waals surface area contributed by atoms with E-state index in [1.165, 1.54) is 0 Å². The molecule has 84 valence electrons. The number of carbonyl (C=O) groups is 1. The van der Waals surface area contributed by atoms with Crippen molar-refractivity contribution in [1.82, 2.24) is 10.1 Å². The molecule has 1 rings (SSSR count). The highest BCUT2D eigenvalue weighted by molar-refractivity contribution is 5.69. The molecule has 0 spiro atoms. The second-order valence-electron chi connectivity index (χ2n) is 3.16. The Balaban J connectivity index is 2.34. The lowest BCUT2D eigenvalue weighted by Gasteiger charge is -1.97. The SMILES string of the molecule is CCCc1noc(CCC(=O)OCC)n1. The van der Waals surface area contributed by atoms with Crippen molar-refractivity contribution in [3.05, 3.63) is 11.7 Å². The number of ether oxygens (including phenoxy) is 1. The average molecular weight is 212 g/mol. The fourth-order valence-electron chi connectivity index (χ4n) is 1.16. The van der Waals surface area contributed by atoms with E-state index in [2.05, 4.69) is 17.1 Å². The Bertz CT molecular complexity index is 309. The molecule has 0 amide bonds. The first-order chi connectivity index (χ1) is 7.26. The van der Waals surface area contributed by atoms with E-state index >= 15 is 0 Å². The van der Waals surface area contributed by atoms with E-state index in [-0.39, 0.29) is 5.97 Å². The van der Waals surface area contributed by atoms with Gasteiger partial charge in [0.15, 0.2) is 5.82 Å². The molecule has 0 fully saturated rings. The smallest absolute Gasteiger partial charge is 0.306 e. The third-order valence-electron chi connectivity index (χ3n) is 1.83. The minimum absolute atomic E-state index is 0.229. The van der Waals surface area contributed by atoms with Gasteiger partial charge in [0.25, 0.3) is 0 Å². The van der Waals surface area contributed by atoms with Crippen LogP contribution in [0, 0.1) is 0 Å². The molecule has 5 nitrogen and oxygen atoms in total. The summed E-state index contributed by atoms with van der Waals surface area (Å²) in [6.07, 6.45) is 2.54. The topological polar surface area (TPSA) is 65.2 Å². The average Bonchev–Trinajstić information content (AvgIpc) is 2.64. The van der Waals surface area contributed by atoms with Gasteiger partial charge in [-0.25, -0.2) is 0 Å². The number of aromatic nitrogens is 2. The van der Waals surface area contributed by atoms with Gasteiger partial charge >= 0.3 is 5.97 Å². The molecule has 0 unspecified atom stereocenters. The number of rotatable bonds is 6. The van der Waals surface area contributed by atoms with Crippen LogP contribution in [0.25, 0.3) is 0 Å². The maximum absolute atomic E-state index is 11.0. The molecule has 0 N–H and O–H groups in total. The molecular weight excluding hydrogens is 196 g/mol. The van der Waals surface area contributed by atoms with Crippen LogP contribution in [0.3, 0.4) is 0 Å². The van der Waals surface area contributed by atoms with Gasteiger partial charge < -0.3 is 9.26 Å². The minimum Gasteiger partial charge on any atom is -0.466 e. The van der Waals surface area contributed by atoms with Gasteiger partial charge in [0, 0.05) is 12.8 Å². The lowest BCUT2D eigenvalue weighted by atomic mass is 10.3. The van der Waals surface area contributed by atoms with Crippen molar-refractivity contribution in [2.75, 3.05) is 6.61 Å². The Morgan fingerprint density at radius 1 is 1.40 bits per heavy atom. The second-order valence-corrected chi connectivity index (χ2v) is 3.16. The Morgan fingerprint density at radius 3 is 2.87 bits per heavy atom. The summed E-state index contributed by atoms with van der Waals surface area (Å²) in [6, 6.07) is 0. The van der Waals surface area contributed by atoms with Crippen molar-refractivity contribution in [2.45, 2.75) is 39.5 Å². The zero-order chi connectivity index (χ0) is 11.1. The molecule has 1 aromatic rings. The molecule has 0 radical (unpaired) electrons. The van der Waals surface area contributed by atoms with E-state index < -0.39 is 0 Å². The van der Waals surface area contributed by atoms with Crippen LogP contribution in [0.5, 0.6) is 0 Å². The third kappa shape index (κ3) is 4.10. The van der Waals surface area contributed by atoms with Crippen LogP contribution in [0.1, 0.15) is 38.4 Å². The Kier molecular flexibility index (Phi) is 4.80. The maximum atomic E-state index is 11.0. The van der Waals surface area contributed by atoms with Crippen LogP contribution in [0.2, 0.25) is 0 Å². The molecule has 1 heterocycles. The summed E-state index contributed by atoms with van der Waals surface area (Å²) in [5.41, 5.74) is 0. The second kappa shape index (κ2) is 6.16. The van der Waals surface area contributed by atoms with Crippen molar-refractivity contribution in [3.63, 3.8) is 0 Å². The lowest BCUT2D eigenvalue weighted by Crippen LogP contribution is -2.05. The monoisotopic (exact) mass is 212 g/mol. The van der Waals surface area contributed by atoms with Crippen LogP contribution >= 0.6 is 0 Å². The number of carbonyl (C=O) groups excluding carboxylic acids is 1. The van der Waals surface area contributed by atoms with Crippen molar-refractivity contribution in [3.8, 4) is 0 Å². The summed E-state index contributed by atoms with van der Waals surface area (Å²) >= 11 is 0. The molecule has 0 aliphatic carbocycles. The van der Waals surface area contributed by atoms with E-state index in [0.717, 1.165) is 12.8 Å². The molecule has 0 aliphatic rings. The van der Waals surface area contributed by atoms with Gasteiger partial charge in [-0.05, 0) is 13.3 Å². The largest absolute Gasteiger partial charge is 0.466 e. The van der Waals surface area contributed by atoms with E-state index in [4.69, 9.17) is 9.26 Å². The highest BCUT2D eigenvalue weighted by atomic mass is 16.5. The third-order valence-corrected chi connectivity index (χ3v) is 1.83. The summed E-state index contributed by atoms with van der Waals surface area (Å²) in [7, 11) is 0. The Hall–Kier alpha value is -1.39. The van der Waals surface area contributed by atoms with Crippen LogP contribution in [0.15, 0.2) is 4.52 Å². The molecule has 0 aromatic carbocycles. The predicted octanol–water partition coefficient (Wildman–Crippen LogP) is 1.52. The lowest BCUT2D eigenvalue weighted by molar-refractivity contribution is -0.143. The van der Waals surface area contributed by atoms with Crippen LogP contribution in [0.4, 0.5) is 0 Å². The van der Waals surface area contributed by atoms with Gasteiger partial charge in [0.1, 0.15) is 0 Å². The highest BCUT2D eigenvalue weighted by Crippen LogP contribution is 2.03. The number of hydrogen-bond acceptors (Lipinski definition) is 5. The molecule has 0 atom stereocenters. The van der Waals surface area contributed by atoms with Gasteiger partial charge in [-0.3, -0.25) is 4.79 Å². The summed E-state index contributed by atoms with van der Waals surface area (Å²) in [5.74, 6) is 0.982. The van der Waals surface area contributed by atoms with Crippen molar-refractivity contribution in [2.24, 2.45) is 0 Å². The molecule has 0 aliphatic heterocycles. The van der Waals surface area contributed by atoms with Gasteiger partial charge in [0.2, 0.25) is 5.89 Å². The molecule has 0 bridgehead atoms. The minimum atomic E-state index is -0.229. The molecule has 1 aromatic heterocycles. The van der Waals surface area contributed by atoms with Crippen molar-refractivity contribution < 1.29 is 14.1 Å². The predicted molar refractivity (Wildman–Crippen MR) is 53.2 cm³/mol. The van der Waals surface area contributed by atoms with E-state index in [9.17, 15) is 4.79 Å². The van der Waals surface area contributed by atoms with Gasteiger partial charge in [-0.1, -0.05) is 12.1 Å². The quantitative estimate of drug-likeness (QED) is 0.669. The Morgan fingerprint density at radius 2 is 2.20 bits per heavy atom. The zero-order valence-corrected chi connectivity index (χ0v) is 9.15. The summed E-state index contributed by atoms with van der Waals surface area (Å²) in [6.45, 7) is 4.24. The van der Waals surface area contributed by atoms with Crippen LogP contribution in [-0.2, 0) is 22.4 Å². The number of hydrogen-bond donors (Lipinski definition) is 0. The summed E-state index contributed by atoms with van der Waals surface area (Å²) in [5, 5.41) is 3.79.